The smallest absolute Gasteiger partial charge is 0.267 e. The quantitative estimate of drug-likeness (QED) is 0.657. The lowest BCUT2D eigenvalue weighted by Crippen LogP contribution is -2.29. The number of sulfonamides is 1. The van der Waals surface area contributed by atoms with Gasteiger partial charge in [-0.15, -0.1) is 0 Å². The number of phenols is 1. The standard InChI is InChI=1S/C20H21FN4O4S/c1-12-4-3-9-24(12)20-22-16-10-19(30(28,29)23-13(2)26)18(27)11-17(16)25(20)15-7-5-14(21)6-8-15/h5-8,10-12,27H,3-4,9H2,1-2H3,(H,23,26). The van der Waals surface area contributed by atoms with Gasteiger partial charge >= 0.3 is 0 Å². The average Bonchev–Trinajstić information content (AvgIpc) is 3.23. The van der Waals surface area contributed by atoms with Crippen molar-refractivity contribution in [2.24, 2.45) is 0 Å². The molecule has 1 atom stereocenters. The Morgan fingerprint density at radius 2 is 1.97 bits per heavy atom. The van der Waals surface area contributed by atoms with Crippen LogP contribution in [0.4, 0.5) is 10.3 Å². The van der Waals surface area contributed by atoms with Crippen molar-refractivity contribution in [2.45, 2.75) is 37.6 Å². The number of aromatic hydroxyl groups is 1. The highest BCUT2D eigenvalue weighted by molar-refractivity contribution is 7.90. The second-order valence-corrected chi connectivity index (χ2v) is 9.03. The monoisotopic (exact) mass is 432 g/mol. The molecule has 4 rings (SSSR count). The summed E-state index contributed by atoms with van der Waals surface area (Å²) < 4.78 is 42.0. The molecular formula is C20H21FN4O4S. The number of halogens is 1. The summed E-state index contributed by atoms with van der Waals surface area (Å²) in [6.07, 6.45) is 1.97. The highest BCUT2D eigenvalue weighted by Crippen LogP contribution is 2.35. The number of fused-ring (bicyclic) bond motifs is 1. The lowest BCUT2D eigenvalue weighted by Gasteiger charge is -2.23. The number of hydrogen-bond donors (Lipinski definition) is 2. The third-order valence-electron chi connectivity index (χ3n) is 5.18. The predicted octanol–water partition coefficient (Wildman–Crippen LogP) is 2.68. The van der Waals surface area contributed by atoms with Crippen molar-refractivity contribution in [3.8, 4) is 11.4 Å². The van der Waals surface area contributed by atoms with E-state index in [1.807, 2.05) is 4.72 Å². The van der Waals surface area contributed by atoms with E-state index in [1.165, 1.54) is 24.3 Å². The molecule has 8 nitrogen and oxygen atoms in total. The molecule has 0 saturated carbocycles. The van der Waals surface area contributed by atoms with Crippen LogP contribution >= 0.6 is 0 Å². The van der Waals surface area contributed by atoms with E-state index in [9.17, 15) is 22.7 Å². The number of carbonyl (C=O) groups is 1. The maximum Gasteiger partial charge on any atom is 0.267 e. The third-order valence-corrected chi connectivity index (χ3v) is 6.64. The van der Waals surface area contributed by atoms with Gasteiger partial charge in [-0.3, -0.25) is 9.36 Å². The highest BCUT2D eigenvalue weighted by Gasteiger charge is 2.28. The van der Waals surface area contributed by atoms with Gasteiger partial charge in [0, 0.05) is 31.3 Å². The number of nitrogens with one attached hydrogen (secondary N) is 1. The van der Waals surface area contributed by atoms with E-state index in [0.29, 0.717) is 22.7 Å². The van der Waals surface area contributed by atoms with Crippen LogP contribution in [0, 0.1) is 5.82 Å². The van der Waals surface area contributed by atoms with Gasteiger partial charge < -0.3 is 10.0 Å². The van der Waals surface area contributed by atoms with Crippen LogP contribution in [0.2, 0.25) is 0 Å². The molecule has 3 aromatic rings. The van der Waals surface area contributed by atoms with Crippen molar-refractivity contribution < 1.29 is 22.7 Å². The summed E-state index contributed by atoms with van der Waals surface area (Å²) in [5.41, 5.74) is 1.43. The van der Waals surface area contributed by atoms with Crippen molar-refractivity contribution in [2.75, 3.05) is 11.4 Å². The van der Waals surface area contributed by atoms with Gasteiger partial charge in [0.25, 0.3) is 10.0 Å². The van der Waals surface area contributed by atoms with Gasteiger partial charge in [-0.05, 0) is 50.1 Å². The number of aromatic nitrogens is 2. The predicted molar refractivity (Wildman–Crippen MR) is 110 cm³/mol. The number of rotatable bonds is 4. The maximum atomic E-state index is 13.5. The summed E-state index contributed by atoms with van der Waals surface area (Å²) in [6.45, 7) is 3.92. The van der Waals surface area contributed by atoms with E-state index >= 15 is 0 Å². The third kappa shape index (κ3) is 3.47. The van der Waals surface area contributed by atoms with E-state index in [4.69, 9.17) is 0 Å². The average molecular weight is 432 g/mol. The minimum atomic E-state index is -4.25. The molecule has 1 aliphatic rings. The lowest BCUT2D eigenvalue weighted by molar-refractivity contribution is -0.117. The maximum absolute atomic E-state index is 13.5. The van der Waals surface area contributed by atoms with E-state index < -0.39 is 26.6 Å². The molecule has 158 valence electrons. The fraction of sp³-hybridized carbons (Fsp3) is 0.300. The number of anilines is 1. The van der Waals surface area contributed by atoms with Gasteiger partial charge in [0.2, 0.25) is 11.9 Å². The van der Waals surface area contributed by atoms with E-state index in [1.54, 1.807) is 16.7 Å². The van der Waals surface area contributed by atoms with E-state index in [2.05, 4.69) is 16.8 Å². The van der Waals surface area contributed by atoms with Crippen LogP contribution in [0.5, 0.6) is 5.75 Å². The first-order valence-electron chi connectivity index (χ1n) is 9.49. The van der Waals surface area contributed by atoms with E-state index in [-0.39, 0.29) is 11.9 Å². The van der Waals surface area contributed by atoms with Crippen molar-refractivity contribution in [3.63, 3.8) is 0 Å². The number of carbonyl (C=O) groups excluding carboxylic acids is 1. The molecule has 30 heavy (non-hydrogen) atoms. The zero-order valence-corrected chi connectivity index (χ0v) is 17.3. The second kappa shape index (κ2) is 7.28. The summed E-state index contributed by atoms with van der Waals surface area (Å²) in [7, 11) is -4.25. The van der Waals surface area contributed by atoms with Gasteiger partial charge in [0.15, 0.2) is 0 Å². The van der Waals surface area contributed by atoms with Crippen LogP contribution < -0.4 is 9.62 Å². The molecule has 0 radical (unpaired) electrons. The summed E-state index contributed by atoms with van der Waals surface area (Å²) in [6, 6.07) is 8.60. The Morgan fingerprint density at radius 1 is 1.27 bits per heavy atom. The van der Waals surface area contributed by atoms with Crippen LogP contribution in [0.3, 0.4) is 0 Å². The fourth-order valence-corrected chi connectivity index (χ4v) is 4.90. The molecule has 10 heteroatoms. The van der Waals surface area contributed by atoms with Crippen molar-refractivity contribution in [1.82, 2.24) is 14.3 Å². The van der Waals surface area contributed by atoms with Crippen molar-refractivity contribution in [1.29, 1.82) is 0 Å². The molecule has 1 amide bonds. The Morgan fingerprint density at radius 3 is 2.57 bits per heavy atom. The number of phenolic OH excluding ortho intramolecular Hbond substituents is 1. The molecule has 1 fully saturated rings. The number of amides is 1. The molecule has 1 aliphatic heterocycles. The topological polar surface area (TPSA) is 105 Å². The van der Waals surface area contributed by atoms with E-state index in [0.717, 1.165) is 26.3 Å². The molecule has 1 aromatic heterocycles. The minimum absolute atomic E-state index is 0.220. The first-order chi connectivity index (χ1) is 14.2. The van der Waals surface area contributed by atoms with Gasteiger partial charge in [-0.2, -0.15) is 0 Å². The number of hydrogen-bond acceptors (Lipinski definition) is 6. The fourth-order valence-electron chi connectivity index (χ4n) is 3.81. The molecule has 1 unspecified atom stereocenters. The normalized spacial score (nSPS) is 16.9. The second-order valence-electron chi connectivity index (χ2n) is 7.38. The molecule has 0 aliphatic carbocycles. The van der Waals surface area contributed by atoms with Crippen LogP contribution in [-0.4, -0.2) is 41.6 Å². The Labute approximate surface area is 173 Å². The van der Waals surface area contributed by atoms with Gasteiger partial charge in [-0.25, -0.2) is 22.5 Å². The van der Waals surface area contributed by atoms with Gasteiger partial charge in [-0.1, -0.05) is 0 Å². The van der Waals surface area contributed by atoms with Crippen LogP contribution in [0.25, 0.3) is 16.7 Å². The largest absolute Gasteiger partial charge is 0.506 e. The summed E-state index contributed by atoms with van der Waals surface area (Å²) in [4.78, 5) is 17.6. The molecule has 1 saturated heterocycles. The number of imidazole rings is 1. The Bertz CT molecular complexity index is 1240. The zero-order valence-electron chi connectivity index (χ0n) is 16.5. The Kier molecular flexibility index (Phi) is 4.89. The molecular weight excluding hydrogens is 411 g/mol. The minimum Gasteiger partial charge on any atom is -0.506 e. The highest BCUT2D eigenvalue weighted by atomic mass is 32.2. The number of nitrogens with zero attached hydrogens (tertiary/aromatic N) is 3. The summed E-state index contributed by atoms with van der Waals surface area (Å²) >= 11 is 0. The lowest BCUT2D eigenvalue weighted by atomic mass is 10.2. The number of benzene rings is 2. The van der Waals surface area contributed by atoms with Crippen LogP contribution in [0.15, 0.2) is 41.3 Å². The SMILES string of the molecule is CC(=O)NS(=O)(=O)c1cc2nc(N3CCCC3C)n(-c3ccc(F)cc3)c2cc1O. The molecule has 0 bridgehead atoms. The van der Waals surface area contributed by atoms with Crippen LogP contribution in [-0.2, 0) is 14.8 Å². The summed E-state index contributed by atoms with van der Waals surface area (Å²) in [5.74, 6) is -1.08. The van der Waals surface area contributed by atoms with Gasteiger partial charge in [0.05, 0.1) is 11.0 Å². The first kappa shape index (κ1) is 20.1. The summed E-state index contributed by atoms with van der Waals surface area (Å²) in [5, 5.41) is 10.5. The molecule has 0 spiro atoms. The van der Waals surface area contributed by atoms with Crippen molar-refractivity contribution in [3.05, 3.63) is 42.2 Å². The van der Waals surface area contributed by atoms with Crippen LogP contribution in [0.1, 0.15) is 26.7 Å². The van der Waals surface area contributed by atoms with Crippen molar-refractivity contribution >= 4 is 32.9 Å². The Balaban J connectivity index is 1.97. The first-order valence-corrected chi connectivity index (χ1v) is 11.0. The molecule has 2 N–H and O–H groups in total. The molecule has 2 aromatic carbocycles. The van der Waals surface area contributed by atoms with Gasteiger partial charge in [0.1, 0.15) is 16.5 Å². The Hall–Kier alpha value is -3.14. The molecule has 2 heterocycles. The zero-order chi connectivity index (χ0) is 21.6.